The second-order valence-electron chi connectivity index (χ2n) is 6.04. The van der Waals surface area contributed by atoms with Crippen molar-refractivity contribution in [3.8, 4) is 10.6 Å². The van der Waals surface area contributed by atoms with Crippen molar-refractivity contribution in [3.63, 3.8) is 0 Å². The number of nitrogens with one attached hydrogen (secondary N) is 1. The molecular weight excluding hydrogens is 348 g/mol. The van der Waals surface area contributed by atoms with Gasteiger partial charge < -0.3 is 5.32 Å². The lowest BCUT2D eigenvalue weighted by Gasteiger charge is -2.12. The molecule has 3 aromatic heterocycles. The highest BCUT2D eigenvalue weighted by atomic mass is 32.1. The van der Waals surface area contributed by atoms with Gasteiger partial charge in [-0.05, 0) is 11.4 Å². The van der Waals surface area contributed by atoms with Crippen LogP contribution < -0.4 is 5.32 Å². The SMILES string of the molecule is CC(C)(C)c1nnc(NC(=O)Cc2csc(-c3ccsc3)n2)s1. The third-order valence-corrected chi connectivity index (χ3v) is 5.86. The van der Waals surface area contributed by atoms with Crippen LogP contribution in [0.15, 0.2) is 22.2 Å². The molecule has 1 N–H and O–H groups in total. The van der Waals surface area contributed by atoms with Crippen LogP contribution in [-0.4, -0.2) is 21.1 Å². The largest absolute Gasteiger partial charge is 0.300 e. The monoisotopic (exact) mass is 364 g/mol. The number of aromatic nitrogens is 3. The van der Waals surface area contributed by atoms with Crippen molar-refractivity contribution in [2.24, 2.45) is 0 Å². The fourth-order valence-electron chi connectivity index (χ4n) is 1.81. The molecule has 0 saturated heterocycles. The molecule has 0 aliphatic heterocycles. The van der Waals surface area contributed by atoms with Crippen molar-refractivity contribution < 1.29 is 4.79 Å². The predicted molar refractivity (Wildman–Crippen MR) is 96.4 cm³/mol. The molecule has 0 atom stereocenters. The van der Waals surface area contributed by atoms with Crippen LogP contribution in [0.25, 0.3) is 10.6 Å². The molecule has 3 aromatic rings. The summed E-state index contributed by atoms with van der Waals surface area (Å²) < 4.78 is 0. The van der Waals surface area contributed by atoms with Crippen LogP contribution in [0.3, 0.4) is 0 Å². The van der Waals surface area contributed by atoms with Crippen LogP contribution in [-0.2, 0) is 16.6 Å². The first kappa shape index (κ1) is 16.2. The first-order chi connectivity index (χ1) is 10.9. The Morgan fingerprint density at radius 2 is 2.09 bits per heavy atom. The van der Waals surface area contributed by atoms with Gasteiger partial charge in [-0.15, -0.1) is 21.5 Å². The Labute approximate surface area is 146 Å². The van der Waals surface area contributed by atoms with E-state index in [4.69, 9.17) is 0 Å². The lowest BCUT2D eigenvalue weighted by Crippen LogP contribution is -2.14. The quantitative estimate of drug-likeness (QED) is 0.753. The molecule has 0 unspecified atom stereocenters. The summed E-state index contributed by atoms with van der Waals surface area (Å²) in [6.45, 7) is 6.21. The number of hydrogen-bond donors (Lipinski definition) is 1. The van der Waals surface area contributed by atoms with Crippen molar-refractivity contribution in [2.45, 2.75) is 32.6 Å². The minimum absolute atomic E-state index is 0.0645. The number of amides is 1. The average Bonchev–Trinajstić information content (AvgIpc) is 3.17. The van der Waals surface area contributed by atoms with Gasteiger partial charge in [0.05, 0.1) is 12.1 Å². The van der Waals surface area contributed by atoms with Gasteiger partial charge >= 0.3 is 0 Å². The Morgan fingerprint density at radius 3 is 2.74 bits per heavy atom. The number of nitrogens with zero attached hydrogens (tertiary/aromatic N) is 3. The van der Waals surface area contributed by atoms with Crippen molar-refractivity contribution in [2.75, 3.05) is 5.32 Å². The molecule has 0 aromatic carbocycles. The van der Waals surface area contributed by atoms with E-state index in [1.165, 1.54) is 11.3 Å². The van der Waals surface area contributed by atoms with Crippen LogP contribution in [0.2, 0.25) is 0 Å². The third-order valence-electron chi connectivity index (χ3n) is 2.97. The van der Waals surface area contributed by atoms with Gasteiger partial charge in [0.2, 0.25) is 11.0 Å². The summed E-state index contributed by atoms with van der Waals surface area (Å²) in [5.41, 5.74) is 1.81. The number of rotatable bonds is 4. The van der Waals surface area contributed by atoms with Crippen molar-refractivity contribution in [1.29, 1.82) is 0 Å². The number of thiazole rings is 1. The highest BCUT2D eigenvalue weighted by molar-refractivity contribution is 7.15. The summed E-state index contributed by atoms with van der Waals surface area (Å²) in [7, 11) is 0. The van der Waals surface area contributed by atoms with Crippen molar-refractivity contribution in [3.05, 3.63) is 32.9 Å². The topological polar surface area (TPSA) is 67.8 Å². The number of thiophene rings is 1. The highest BCUT2D eigenvalue weighted by Gasteiger charge is 2.20. The maximum absolute atomic E-state index is 12.1. The molecule has 8 heteroatoms. The van der Waals surface area contributed by atoms with Gasteiger partial charge in [0.25, 0.3) is 0 Å². The van der Waals surface area contributed by atoms with Crippen molar-refractivity contribution >= 4 is 45.0 Å². The first-order valence-corrected chi connectivity index (χ1v) is 9.66. The normalized spacial score (nSPS) is 11.6. The van der Waals surface area contributed by atoms with E-state index >= 15 is 0 Å². The minimum atomic E-state index is -0.122. The molecule has 0 radical (unpaired) electrons. The summed E-state index contributed by atoms with van der Waals surface area (Å²) in [5, 5.41) is 19.3. The molecule has 120 valence electrons. The molecule has 0 aliphatic rings. The summed E-state index contributed by atoms with van der Waals surface area (Å²) in [5.74, 6) is -0.122. The Hall–Kier alpha value is -1.64. The van der Waals surface area contributed by atoms with Crippen LogP contribution in [0.1, 0.15) is 31.5 Å². The Bertz CT molecular complexity index is 799. The van der Waals surface area contributed by atoms with E-state index in [0.717, 1.165) is 21.3 Å². The van der Waals surface area contributed by atoms with Gasteiger partial charge in [-0.2, -0.15) is 11.3 Å². The van der Waals surface area contributed by atoms with E-state index in [9.17, 15) is 4.79 Å². The number of carbonyl (C=O) groups is 1. The molecule has 0 spiro atoms. The maximum Gasteiger partial charge on any atom is 0.232 e. The molecule has 3 heterocycles. The highest BCUT2D eigenvalue weighted by Crippen LogP contribution is 2.28. The zero-order valence-corrected chi connectivity index (χ0v) is 15.4. The molecule has 3 rings (SSSR count). The standard InChI is InChI=1S/C15H16N4OS3/c1-15(2,3)13-18-19-14(23-13)17-11(20)6-10-8-22-12(16-10)9-4-5-21-7-9/h4-5,7-8H,6H2,1-3H3,(H,17,19,20). The number of hydrogen-bond acceptors (Lipinski definition) is 7. The van der Waals surface area contributed by atoms with Crippen LogP contribution >= 0.6 is 34.0 Å². The van der Waals surface area contributed by atoms with E-state index in [1.54, 1.807) is 22.7 Å². The molecule has 0 saturated carbocycles. The van der Waals surface area contributed by atoms with Gasteiger partial charge in [-0.3, -0.25) is 4.79 Å². The van der Waals surface area contributed by atoms with Crippen LogP contribution in [0, 0.1) is 0 Å². The molecule has 1 amide bonds. The second kappa shape index (κ2) is 6.46. The third kappa shape index (κ3) is 4.01. The van der Waals surface area contributed by atoms with Crippen molar-refractivity contribution in [1.82, 2.24) is 15.2 Å². The van der Waals surface area contributed by atoms with Crippen LogP contribution in [0.4, 0.5) is 5.13 Å². The zero-order chi connectivity index (χ0) is 16.4. The fraction of sp³-hybridized carbons (Fsp3) is 0.333. The lowest BCUT2D eigenvalue weighted by molar-refractivity contribution is -0.115. The number of carbonyl (C=O) groups excluding carboxylic acids is 1. The Morgan fingerprint density at radius 1 is 1.26 bits per heavy atom. The predicted octanol–water partition coefficient (Wildman–Crippen LogP) is 4.20. The summed E-state index contributed by atoms with van der Waals surface area (Å²) >= 11 is 4.60. The Balaban J connectivity index is 1.62. The average molecular weight is 365 g/mol. The molecule has 0 bridgehead atoms. The van der Waals surface area contributed by atoms with E-state index < -0.39 is 0 Å². The first-order valence-electron chi connectivity index (χ1n) is 7.02. The van der Waals surface area contributed by atoms with E-state index in [1.807, 2.05) is 16.8 Å². The maximum atomic E-state index is 12.1. The lowest BCUT2D eigenvalue weighted by atomic mass is 9.98. The fourth-order valence-corrected chi connectivity index (χ4v) is 4.16. The summed E-state index contributed by atoms with van der Waals surface area (Å²) in [6, 6.07) is 2.03. The molecule has 0 aliphatic carbocycles. The molecule has 0 fully saturated rings. The second-order valence-corrected chi connectivity index (χ2v) is 8.66. The summed E-state index contributed by atoms with van der Waals surface area (Å²) in [6.07, 6.45) is 0.241. The van der Waals surface area contributed by atoms with Crippen LogP contribution in [0.5, 0.6) is 0 Å². The van der Waals surface area contributed by atoms with E-state index in [2.05, 4.69) is 46.6 Å². The molecule has 23 heavy (non-hydrogen) atoms. The Kier molecular flexibility index (Phi) is 4.56. The van der Waals surface area contributed by atoms with E-state index in [-0.39, 0.29) is 17.7 Å². The van der Waals surface area contributed by atoms with Gasteiger partial charge in [-0.25, -0.2) is 4.98 Å². The molecular formula is C15H16N4OS3. The van der Waals surface area contributed by atoms with Gasteiger partial charge in [0.1, 0.15) is 10.0 Å². The smallest absolute Gasteiger partial charge is 0.232 e. The number of anilines is 1. The van der Waals surface area contributed by atoms with E-state index in [0.29, 0.717) is 5.13 Å². The van der Waals surface area contributed by atoms with Gasteiger partial charge in [0.15, 0.2) is 0 Å². The zero-order valence-electron chi connectivity index (χ0n) is 13.0. The van der Waals surface area contributed by atoms with Gasteiger partial charge in [0, 0.05) is 21.7 Å². The summed E-state index contributed by atoms with van der Waals surface area (Å²) in [4.78, 5) is 16.6. The molecule has 5 nitrogen and oxygen atoms in total. The van der Waals surface area contributed by atoms with Gasteiger partial charge in [-0.1, -0.05) is 32.1 Å². The minimum Gasteiger partial charge on any atom is -0.300 e.